The number of benzene rings is 1. The van der Waals surface area contributed by atoms with Crippen LogP contribution in [0.5, 0.6) is 0 Å². The standard InChI is InChI=1S/C15H19FN4O2/c1-10-3-4-12(16)7-13(10)18-14(21)8-17-15(22)9-20-6-5-11(2)19-20/h3-4,7H,5-6,8-9H2,1-2H3,(H,17,22)(H,18,21). The molecule has 1 aromatic rings. The monoisotopic (exact) mass is 306 g/mol. The van der Waals surface area contributed by atoms with Gasteiger partial charge >= 0.3 is 0 Å². The molecule has 0 spiro atoms. The molecule has 0 saturated heterocycles. The van der Waals surface area contributed by atoms with Crippen LogP contribution >= 0.6 is 0 Å². The second-order valence-electron chi connectivity index (χ2n) is 5.26. The van der Waals surface area contributed by atoms with Crippen molar-refractivity contribution in [1.82, 2.24) is 10.3 Å². The first-order chi connectivity index (χ1) is 10.4. The van der Waals surface area contributed by atoms with E-state index < -0.39 is 11.7 Å². The van der Waals surface area contributed by atoms with Crippen molar-refractivity contribution in [2.24, 2.45) is 5.10 Å². The fourth-order valence-electron chi connectivity index (χ4n) is 2.07. The number of aryl methyl sites for hydroxylation is 1. The van der Waals surface area contributed by atoms with Gasteiger partial charge in [0.05, 0.1) is 6.54 Å². The van der Waals surface area contributed by atoms with Crippen LogP contribution in [-0.2, 0) is 9.59 Å². The van der Waals surface area contributed by atoms with Crippen LogP contribution in [0.2, 0.25) is 0 Å². The molecule has 118 valence electrons. The quantitative estimate of drug-likeness (QED) is 0.860. The molecule has 6 nitrogen and oxygen atoms in total. The third-order valence-corrected chi connectivity index (χ3v) is 3.29. The molecule has 0 saturated carbocycles. The summed E-state index contributed by atoms with van der Waals surface area (Å²) in [5, 5.41) is 11.0. The Hall–Kier alpha value is -2.44. The number of halogens is 1. The number of hydrazone groups is 1. The molecular formula is C15H19FN4O2. The molecule has 7 heteroatoms. The normalized spacial score (nSPS) is 13.8. The first kappa shape index (κ1) is 15.9. The Morgan fingerprint density at radius 1 is 1.32 bits per heavy atom. The summed E-state index contributed by atoms with van der Waals surface area (Å²) in [6, 6.07) is 4.15. The lowest BCUT2D eigenvalue weighted by molar-refractivity contribution is -0.125. The van der Waals surface area contributed by atoms with Gasteiger partial charge in [0, 0.05) is 24.4 Å². The van der Waals surface area contributed by atoms with Gasteiger partial charge in [0.2, 0.25) is 11.8 Å². The van der Waals surface area contributed by atoms with E-state index in [0.717, 1.165) is 17.7 Å². The third-order valence-electron chi connectivity index (χ3n) is 3.29. The second kappa shape index (κ2) is 7.02. The summed E-state index contributed by atoms with van der Waals surface area (Å²) in [6.45, 7) is 4.36. The highest BCUT2D eigenvalue weighted by Gasteiger charge is 2.15. The van der Waals surface area contributed by atoms with Crippen LogP contribution in [0.1, 0.15) is 18.9 Å². The predicted molar refractivity (Wildman–Crippen MR) is 82.1 cm³/mol. The van der Waals surface area contributed by atoms with Crippen LogP contribution < -0.4 is 10.6 Å². The van der Waals surface area contributed by atoms with Gasteiger partial charge in [-0.25, -0.2) is 4.39 Å². The number of nitrogens with zero attached hydrogens (tertiary/aromatic N) is 2. The van der Waals surface area contributed by atoms with Gasteiger partial charge in [0.15, 0.2) is 0 Å². The van der Waals surface area contributed by atoms with Crippen molar-refractivity contribution < 1.29 is 14.0 Å². The lowest BCUT2D eigenvalue weighted by atomic mass is 10.2. The Kier molecular flexibility index (Phi) is 5.08. The van der Waals surface area contributed by atoms with Gasteiger partial charge in [-0.15, -0.1) is 0 Å². The molecule has 0 unspecified atom stereocenters. The summed E-state index contributed by atoms with van der Waals surface area (Å²) in [7, 11) is 0. The number of carbonyl (C=O) groups is 2. The van der Waals surface area contributed by atoms with E-state index in [4.69, 9.17) is 0 Å². The molecule has 2 rings (SSSR count). The van der Waals surface area contributed by atoms with Crippen molar-refractivity contribution in [2.75, 3.05) is 25.0 Å². The lowest BCUT2D eigenvalue weighted by Gasteiger charge is -2.13. The van der Waals surface area contributed by atoms with Crippen molar-refractivity contribution >= 4 is 23.2 Å². The van der Waals surface area contributed by atoms with Gasteiger partial charge in [-0.2, -0.15) is 5.10 Å². The maximum Gasteiger partial charge on any atom is 0.243 e. The molecule has 0 fully saturated rings. The SMILES string of the molecule is CC1=NN(CC(=O)NCC(=O)Nc2cc(F)ccc2C)CC1. The maximum absolute atomic E-state index is 13.1. The summed E-state index contributed by atoms with van der Waals surface area (Å²) in [5.74, 6) is -1.10. The fourth-order valence-corrected chi connectivity index (χ4v) is 2.07. The molecule has 0 aromatic heterocycles. The third kappa shape index (κ3) is 4.54. The molecule has 0 bridgehead atoms. The molecule has 1 aliphatic rings. The fraction of sp³-hybridized carbons (Fsp3) is 0.400. The molecule has 2 amide bonds. The van der Waals surface area contributed by atoms with E-state index in [1.807, 2.05) is 6.92 Å². The largest absolute Gasteiger partial charge is 0.345 e. The van der Waals surface area contributed by atoms with Gasteiger partial charge in [0.25, 0.3) is 0 Å². The molecule has 2 N–H and O–H groups in total. The van der Waals surface area contributed by atoms with E-state index in [-0.39, 0.29) is 19.0 Å². The van der Waals surface area contributed by atoms with Gasteiger partial charge in [-0.05, 0) is 31.5 Å². The highest BCUT2D eigenvalue weighted by molar-refractivity contribution is 5.95. The van der Waals surface area contributed by atoms with Crippen LogP contribution in [0.15, 0.2) is 23.3 Å². The first-order valence-electron chi connectivity index (χ1n) is 7.06. The lowest BCUT2D eigenvalue weighted by Crippen LogP contribution is -2.38. The first-order valence-corrected chi connectivity index (χ1v) is 7.06. The minimum Gasteiger partial charge on any atom is -0.345 e. The van der Waals surface area contributed by atoms with E-state index >= 15 is 0 Å². The average molecular weight is 306 g/mol. The Morgan fingerprint density at radius 2 is 2.09 bits per heavy atom. The van der Waals surface area contributed by atoms with E-state index in [1.54, 1.807) is 18.0 Å². The summed E-state index contributed by atoms with van der Waals surface area (Å²) in [5.41, 5.74) is 2.15. The summed E-state index contributed by atoms with van der Waals surface area (Å²) in [6.07, 6.45) is 0.854. The summed E-state index contributed by atoms with van der Waals surface area (Å²) < 4.78 is 13.1. The van der Waals surface area contributed by atoms with Crippen LogP contribution in [-0.4, -0.2) is 42.2 Å². The number of amides is 2. The van der Waals surface area contributed by atoms with E-state index in [1.165, 1.54) is 12.1 Å². The Morgan fingerprint density at radius 3 is 2.77 bits per heavy atom. The molecule has 0 radical (unpaired) electrons. The molecule has 1 aromatic carbocycles. The number of rotatable bonds is 5. The van der Waals surface area contributed by atoms with E-state index in [0.29, 0.717) is 12.2 Å². The number of anilines is 1. The summed E-state index contributed by atoms with van der Waals surface area (Å²) in [4.78, 5) is 23.5. The number of carbonyl (C=O) groups excluding carboxylic acids is 2. The number of nitrogens with one attached hydrogen (secondary N) is 2. The van der Waals surface area contributed by atoms with Crippen molar-refractivity contribution in [3.8, 4) is 0 Å². The van der Waals surface area contributed by atoms with Crippen molar-refractivity contribution in [2.45, 2.75) is 20.3 Å². The van der Waals surface area contributed by atoms with Crippen molar-refractivity contribution in [3.05, 3.63) is 29.6 Å². The Labute approximate surface area is 128 Å². The molecule has 22 heavy (non-hydrogen) atoms. The van der Waals surface area contributed by atoms with Gasteiger partial charge in [-0.3, -0.25) is 14.6 Å². The molecule has 0 aliphatic carbocycles. The van der Waals surface area contributed by atoms with Gasteiger partial charge in [-0.1, -0.05) is 6.07 Å². The zero-order chi connectivity index (χ0) is 16.1. The van der Waals surface area contributed by atoms with Crippen LogP contribution in [0, 0.1) is 12.7 Å². The minimum atomic E-state index is -0.424. The molecule has 0 atom stereocenters. The molecule has 1 heterocycles. The van der Waals surface area contributed by atoms with Gasteiger partial charge in [0.1, 0.15) is 12.4 Å². The summed E-state index contributed by atoms with van der Waals surface area (Å²) >= 11 is 0. The Bertz CT molecular complexity index is 616. The van der Waals surface area contributed by atoms with Crippen molar-refractivity contribution in [1.29, 1.82) is 0 Å². The predicted octanol–water partition coefficient (Wildman–Crippen LogP) is 1.27. The average Bonchev–Trinajstić information content (AvgIpc) is 2.86. The zero-order valence-electron chi connectivity index (χ0n) is 12.6. The van der Waals surface area contributed by atoms with E-state index in [9.17, 15) is 14.0 Å². The van der Waals surface area contributed by atoms with Crippen LogP contribution in [0.3, 0.4) is 0 Å². The number of hydrogen-bond donors (Lipinski definition) is 2. The number of hydrogen-bond acceptors (Lipinski definition) is 4. The van der Waals surface area contributed by atoms with E-state index in [2.05, 4.69) is 15.7 Å². The van der Waals surface area contributed by atoms with Crippen LogP contribution in [0.4, 0.5) is 10.1 Å². The topological polar surface area (TPSA) is 73.8 Å². The Balaban J connectivity index is 1.77. The zero-order valence-corrected chi connectivity index (χ0v) is 12.6. The molecule has 1 aliphatic heterocycles. The minimum absolute atomic E-state index is 0.129. The van der Waals surface area contributed by atoms with Crippen molar-refractivity contribution in [3.63, 3.8) is 0 Å². The van der Waals surface area contributed by atoms with Crippen LogP contribution in [0.25, 0.3) is 0 Å². The highest BCUT2D eigenvalue weighted by Crippen LogP contribution is 2.15. The second-order valence-corrected chi connectivity index (χ2v) is 5.26. The smallest absolute Gasteiger partial charge is 0.243 e. The molecular weight excluding hydrogens is 287 g/mol. The maximum atomic E-state index is 13.1. The van der Waals surface area contributed by atoms with Gasteiger partial charge < -0.3 is 10.6 Å². The highest BCUT2D eigenvalue weighted by atomic mass is 19.1.